The smallest absolute Gasteiger partial charge is 0.265 e. The third-order valence-corrected chi connectivity index (χ3v) is 5.39. The molecule has 0 N–H and O–H groups in total. The molecule has 0 radical (unpaired) electrons. The van der Waals surface area contributed by atoms with E-state index in [0.29, 0.717) is 18.0 Å². The molecule has 27 heavy (non-hydrogen) atoms. The van der Waals surface area contributed by atoms with Crippen molar-refractivity contribution in [3.05, 3.63) is 51.7 Å². The van der Waals surface area contributed by atoms with E-state index >= 15 is 0 Å². The van der Waals surface area contributed by atoms with Crippen molar-refractivity contribution in [2.45, 2.75) is 19.8 Å². The summed E-state index contributed by atoms with van der Waals surface area (Å²) in [4.78, 5) is 28.6. The van der Waals surface area contributed by atoms with Gasteiger partial charge in [-0.15, -0.1) is 0 Å². The zero-order chi connectivity index (χ0) is 19.1. The van der Waals surface area contributed by atoms with Gasteiger partial charge in [-0.25, -0.2) is 4.39 Å². The van der Waals surface area contributed by atoms with Gasteiger partial charge in [0.15, 0.2) is 6.61 Å². The fourth-order valence-corrected chi connectivity index (χ4v) is 4.08. The van der Waals surface area contributed by atoms with E-state index in [1.165, 1.54) is 17.0 Å². The number of ether oxygens (including phenoxy) is 1. The van der Waals surface area contributed by atoms with Crippen molar-refractivity contribution in [1.82, 2.24) is 0 Å². The Morgan fingerprint density at radius 2 is 2.11 bits per heavy atom. The molecule has 0 saturated carbocycles. The molecule has 0 saturated heterocycles. The number of halogens is 2. The van der Waals surface area contributed by atoms with Gasteiger partial charge in [0, 0.05) is 16.7 Å². The number of aryl methyl sites for hydroxylation is 2. The second-order valence-corrected chi connectivity index (χ2v) is 7.68. The van der Waals surface area contributed by atoms with Gasteiger partial charge in [0.2, 0.25) is 5.91 Å². The van der Waals surface area contributed by atoms with Crippen LogP contribution in [0.3, 0.4) is 0 Å². The lowest BCUT2D eigenvalue weighted by atomic mass is 9.98. The number of amides is 2. The summed E-state index contributed by atoms with van der Waals surface area (Å²) in [6.45, 7) is 2.19. The van der Waals surface area contributed by atoms with Gasteiger partial charge in [0.05, 0.1) is 5.69 Å². The number of rotatable bonds is 2. The summed E-state index contributed by atoms with van der Waals surface area (Å²) in [7, 11) is 0. The second-order valence-electron chi connectivity index (χ2n) is 6.76. The van der Waals surface area contributed by atoms with Crippen molar-refractivity contribution in [3.8, 4) is 5.75 Å². The molecule has 140 valence electrons. The molecule has 0 bridgehead atoms. The predicted octanol–water partition coefficient (Wildman–Crippen LogP) is 3.60. The Morgan fingerprint density at radius 3 is 2.93 bits per heavy atom. The molecule has 0 atom stereocenters. The van der Waals surface area contributed by atoms with Crippen LogP contribution in [0.1, 0.15) is 17.5 Å². The summed E-state index contributed by atoms with van der Waals surface area (Å²) in [6, 6.07) is 8.28. The van der Waals surface area contributed by atoms with E-state index in [2.05, 4.69) is 15.9 Å². The molecule has 2 aliphatic rings. The number of hydrogen-bond acceptors (Lipinski definition) is 3. The highest BCUT2D eigenvalue weighted by Crippen LogP contribution is 2.36. The second kappa shape index (κ2) is 6.96. The van der Waals surface area contributed by atoms with Gasteiger partial charge in [0.1, 0.15) is 18.1 Å². The summed E-state index contributed by atoms with van der Waals surface area (Å²) in [6.07, 6.45) is 1.51. The van der Waals surface area contributed by atoms with E-state index < -0.39 is 0 Å². The minimum absolute atomic E-state index is 0.0763. The van der Waals surface area contributed by atoms with Crippen LogP contribution in [0.5, 0.6) is 5.75 Å². The SMILES string of the molecule is Cc1cc(F)cc2c1N(C(=O)CN1C(=O)COc3cc(Br)ccc31)CCC2. The van der Waals surface area contributed by atoms with E-state index in [4.69, 9.17) is 4.74 Å². The van der Waals surface area contributed by atoms with Gasteiger partial charge in [-0.3, -0.25) is 14.5 Å². The monoisotopic (exact) mass is 432 g/mol. The molecular formula is C20H18BrFN2O3. The molecule has 2 amide bonds. The van der Waals surface area contributed by atoms with E-state index in [1.54, 1.807) is 30.0 Å². The fourth-order valence-electron chi connectivity index (χ4n) is 3.74. The van der Waals surface area contributed by atoms with Crippen LogP contribution in [0.4, 0.5) is 15.8 Å². The molecule has 0 spiro atoms. The van der Waals surface area contributed by atoms with Crippen molar-refractivity contribution in [2.75, 3.05) is 29.5 Å². The lowest BCUT2D eigenvalue weighted by Crippen LogP contribution is -2.48. The lowest BCUT2D eigenvalue weighted by molar-refractivity contribution is -0.124. The molecule has 2 aromatic rings. The van der Waals surface area contributed by atoms with Crippen LogP contribution in [-0.4, -0.2) is 31.5 Å². The Bertz CT molecular complexity index is 947. The Labute approximate surface area is 164 Å². The molecule has 5 nitrogen and oxygen atoms in total. The number of benzene rings is 2. The van der Waals surface area contributed by atoms with Crippen LogP contribution in [0.15, 0.2) is 34.8 Å². The zero-order valence-corrected chi connectivity index (χ0v) is 16.4. The first-order valence-corrected chi connectivity index (χ1v) is 9.55. The van der Waals surface area contributed by atoms with Crippen LogP contribution >= 0.6 is 15.9 Å². The number of fused-ring (bicyclic) bond motifs is 2. The maximum absolute atomic E-state index is 13.7. The number of carbonyl (C=O) groups excluding carboxylic acids is 2. The molecule has 0 fully saturated rings. The maximum Gasteiger partial charge on any atom is 0.265 e. The van der Waals surface area contributed by atoms with Crippen LogP contribution in [0.2, 0.25) is 0 Å². The molecule has 2 heterocycles. The van der Waals surface area contributed by atoms with Crippen molar-refractivity contribution in [2.24, 2.45) is 0 Å². The Kier molecular flexibility index (Phi) is 4.63. The first kappa shape index (κ1) is 18.0. The van der Waals surface area contributed by atoms with Gasteiger partial charge in [-0.2, -0.15) is 0 Å². The molecule has 2 aromatic carbocycles. The third kappa shape index (κ3) is 3.32. The van der Waals surface area contributed by atoms with Crippen molar-refractivity contribution in [3.63, 3.8) is 0 Å². The highest BCUT2D eigenvalue weighted by molar-refractivity contribution is 9.10. The van der Waals surface area contributed by atoms with Crippen LogP contribution in [-0.2, 0) is 16.0 Å². The molecule has 7 heteroatoms. The quantitative estimate of drug-likeness (QED) is 0.728. The van der Waals surface area contributed by atoms with Crippen LogP contribution in [0.25, 0.3) is 0 Å². The third-order valence-electron chi connectivity index (χ3n) is 4.90. The van der Waals surface area contributed by atoms with Gasteiger partial charge >= 0.3 is 0 Å². The highest BCUT2D eigenvalue weighted by Gasteiger charge is 2.31. The summed E-state index contributed by atoms with van der Waals surface area (Å²) < 4.78 is 20.0. The fraction of sp³-hybridized carbons (Fsp3) is 0.300. The zero-order valence-electron chi connectivity index (χ0n) is 14.8. The van der Waals surface area contributed by atoms with Crippen LogP contribution in [0, 0.1) is 12.7 Å². The molecule has 0 aliphatic carbocycles. The average molecular weight is 433 g/mol. The highest BCUT2D eigenvalue weighted by atomic mass is 79.9. The lowest BCUT2D eigenvalue weighted by Gasteiger charge is -2.34. The number of carbonyl (C=O) groups is 2. The summed E-state index contributed by atoms with van der Waals surface area (Å²) in [5.41, 5.74) is 2.92. The van der Waals surface area contributed by atoms with Crippen molar-refractivity contribution >= 4 is 39.1 Å². The summed E-state index contributed by atoms with van der Waals surface area (Å²) in [5.74, 6) is -0.168. The van der Waals surface area contributed by atoms with Gasteiger partial charge < -0.3 is 9.64 Å². The van der Waals surface area contributed by atoms with E-state index in [1.807, 2.05) is 0 Å². The summed E-state index contributed by atoms with van der Waals surface area (Å²) in [5, 5.41) is 0. The maximum atomic E-state index is 13.7. The van der Waals surface area contributed by atoms with E-state index in [0.717, 1.165) is 34.1 Å². The molecule has 0 aromatic heterocycles. The largest absolute Gasteiger partial charge is 0.482 e. The molecule has 2 aliphatic heterocycles. The number of anilines is 2. The van der Waals surface area contributed by atoms with E-state index in [9.17, 15) is 14.0 Å². The van der Waals surface area contributed by atoms with Crippen molar-refractivity contribution < 1.29 is 18.7 Å². The predicted molar refractivity (Wildman–Crippen MR) is 104 cm³/mol. The first-order valence-electron chi connectivity index (χ1n) is 8.76. The van der Waals surface area contributed by atoms with Crippen molar-refractivity contribution in [1.29, 1.82) is 0 Å². The van der Waals surface area contributed by atoms with Crippen LogP contribution < -0.4 is 14.5 Å². The first-order chi connectivity index (χ1) is 12.9. The Morgan fingerprint density at radius 1 is 1.30 bits per heavy atom. The van der Waals surface area contributed by atoms with Gasteiger partial charge in [-0.05, 0) is 61.2 Å². The normalized spacial score (nSPS) is 15.9. The van der Waals surface area contributed by atoms with Gasteiger partial charge in [0.25, 0.3) is 5.91 Å². The topological polar surface area (TPSA) is 49.9 Å². The number of hydrogen-bond donors (Lipinski definition) is 0. The van der Waals surface area contributed by atoms with E-state index in [-0.39, 0.29) is 30.8 Å². The molecule has 0 unspecified atom stereocenters. The number of nitrogens with zero attached hydrogens (tertiary/aromatic N) is 2. The Hall–Kier alpha value is -2.41. The molecule has 4 rings (SSSR count). The molecular weight excluding hydrogens is 415 g/mol. The average Bonchev–Trinajstić information content (AvgIpc) is 2.63. The summed E-state index contributed by atoms with van der Waals surface area (Å²) >= 11 is 3.38. The minimum atomic E-state index is -0.289. The standard InChI is InChI=1S/C20H18BrFN2O3/c1-12-7-15(22)8-13-3-2-6-23(20(12)13)18(25)10-24-16-5-4-14(21)9-17(16)27-11-19(24)26/h4-5,7-9H,2-3,6,10-11H2,1H3. The van der Waals surface area contributed by atoms with Gasteiger partial charge in [-0.1, -0.05) is 15.9 Å². The minimum Gasteiger partial charge on any atom is -0.482 e. The Balaban J connectivity index is 1.64.